The number of para-hydroxylation sites is 1. The second-order valence-corrected chi connectivity index (χ2v) is 6.92. The maximum absolute atomic E-state index is 11.6. The van der Waals surface area contributed by atoms with E-state index in [1.807, 2.05) is 6.07 Å². The van der Waals surface area contributed by atoms with Gasteiger partial charge >= 0.3 is 0 Å². The number of hydrogen-bond donors (Lipinski definition) is 2. The van der Waals surface area contributed by atoms with Gasteiger partial charge < -0.3 is 15.5 Å². The summed E-state index contributed by atoms with van der Waals surface area (Å²) in [7, 11) is -1.71. The molecule has 20 heavy (non-hydrogen) atoms. The highest BCUT2D eigenvalue weighted by Crippen LogP contribution is 2.31. The third-order valence-corrected chi connectivity index (χ3v) is 4.67. The highest BCUT2D eigenvalue weighted by atomic mass is 32.2. The second-order valence-electron chi connectivity index (χ2n) is 5.39. The smallest absolute Gasteiger partial charge is 0.240 e. The lowest BCUT2D eigenvalue weighted by atomic mass is 10.2. The fourth-order valence-electron chi connectivity index (χ4n) is 2.76. The predicted molar refractivity (Wildman–Crippen MR) is 81.1 cm³/mol. The van der Waals surface area contributed by atoms with Crippen molar-refractivity contribution in [2.45, 2.75) is 24.3 Å². The highest BCUT2D eigenvalue weighted by molar-refractivity contribution is 7.89. The van der Waals surface area contributed by atoms with Crippen molar-refractivity contribution in [1.82, 2.24) is 4.90 Å². The summed E-state index contributed by atoms with van der Waals surface area (Å²) in [5, 5.41) is 5.21. The van der Waals surface area contributed by atoms with E-state index in [1.54, 1.807) is 6.07 Å². The average molecular weight is 298 g/mol. The Morgan fingerprint density at radius 3 is 2.65 bits per heavy atom. The van der Waals surface area contributed by atoms with Gasteiger partial charge in [0.05, 0.1) is 11.4 Å². The van der Waals surface area contributed by atoms with E-state index < -0.39 is 10.0 Å². The van der Waals surface area contributed by atoms with Crippen LogP contribution in [0.25, 0.3) is 0 Å². The molecule has 2 rings (SSSR count). The third-order valence-electron chi connectivity index (χ3n) is 3.71. The number of anilines is 2. The van der Waals surface area contributed by atoms with E-state index in [0.29, 0.717) is 0 Å². The minimum Gasteiger partial charge on any atom is -0.396 e. The molecule has 1 fully saturated rings. The Morgan fingerprint density at radius 2 is 2.00 bits per heavy atom. The molecule has 0 amide bonds. The highest BCUT2D eigenvalue weighted by Gasteiger charge is 2.24. The van der Waals surface area contributed by atoms with Crippen LogP contribution in [0.5, 0.6) is 0 Å². The van der Waals surface area contributed by atoms with E-state index >= 15 is 0 Å². The van der Waals surface area contributed by atoms with Gasteiger partial charge in [-0.15, -0.1) is 0 Å². The maximum Gasteiger partial charge on any atom is 0.240 e. The number of rotatable bonds is 2. The number of benzene rings is 1. The zero-order chi connectivity index (χ0) is 14.9. The Bertz CT molecular complexity index is 588. The van der Waals surface area contributed by atoms with Gasteiger partial charge in [0.15, 0.2) is 0 Å². The van der Waals surface area contributed by atoms with E-state index in [9.17, 15) is 8.42 Å². The van der Waals surface area contributed by atoms with Crippen molar-refractivity contribution in [3.05, 3.63) is 18.2 Å². The van der Waals surface area contributed by atoms with Crippen LogP contribution < -0.4 is 15.8 Å². The van der Waals surface area contributed by atoms with Crippen LogP contribution >= 0.6 is 0 Å². The molecule has 1 unspecified atom stereocenters. The molecule has 0 saturated carbocycles. The molecule has 0 radical (unpaired) electrons. The number of nitrogens with zero attached hydrogens (tertiary/aromatic N) is 2. The summed E-state index contributed by atoms with van der Waals surface area (Å²) >= 11 is 0. The lowest BCUT2D eigenvalue weighted by molar-refractivity contribution is 0.337. The van der Waals surface area contributed by atoms with Crippen LogP contribution in [0.3, 0.4) is 0 Å². The first-order valence-electron chi connectivity index (χ1n) is 6.67. The molecule has 1 aromatic carbocycles. The Labute approximate surface area is 120 Å². The number of sulfonamides is 1. The summed E-state index contributed by atoms with van der Waals surface area (Å²) in [5.74, 6) is 0. The minimum atomic E-state index is -3.79. The van der Waals surface area contributed by atoms with Crippen LogP contribution in [0.15, 0.2) is 23.1 Å². The summed E-state index contributed by atoms with van der Waals surface area (Å²) in [5.41, 5.74) is 7.03. The Balaban J connectivity index is 2.42. The van der Waals surface area contributed by atoms with E-state index in [0.717, 1.165) is 31.7 Å². The number of likely N-dealkylation sites (N-methyl/N-ethyl adjacent to an activating group) is 1. The van der Waals surface area contributed by atoms with Gasteiger partial charge in [-0.05, 0) is 39.1 Å². The molecular weight excluding hydrogens is 276 g/mol. The zero-order valence-corrected chi connectivity index (χ0v) is 12.7. The van der Waals surface area contributed by atoms with Crippen molar-refractivity contribution in [1.29, 1.82) is 0 Å². The summed E-state index contributed by atoms with van der Waals surface area (Å²) < 4.78 is 23.1. The Kier molecular flexibility index (Phi) is 4.22. The van der Waals surface area contributed by atoms with E-state index in [4.69, 9.17) is 10.9 Å². The molecule has 1 saturated heterocycles. The fraction of sp³-hybridized carbons (Fsp3) is 0.538. The third kappa shape index (κ3) is 3.05. The van der Waals surface area contributed by atoms with Crippen LogP contribution in [-0.2, 0) is 10.0 Å². The van der Waals surface area contributed by atoms with Crippen LogP contribution in [0.4, 0.5) is 11.4 Å². The Morgan fingerprint density at radius 1 is 1.30 bits per heavy atom. The van der Waals surface area contributed by atoms with Crippen molar-refractivity contribution >= 4 is 21.4 Å². The molecule has 1 aromatic rings. The van der Waals surface area contributed by atoms with Gasteiger partial charge in [0.2, 0.25) is 10.0 Å². The van der Waals surface area contributed by atoms with E-state index in [-0.39, 0.29) is 16.6 Å². The largest absolute Gasteiger partial charge is 0.396 e. The lowest BCUT2D eigenvalue weighted by Gasteiger charge is -2.31. The molecule has 1 atom stereocenters. The van der Waals surface area contributed by atoms with Gasteiger partial charge in [-0.25, -0.2) is 13.6 Å². The molecule has 0 bridgehead atoms. The first kappa shape index (κ1) is 15.1. The summed E-state index contributed by atoms with van der Waals surface area (Å²) in [6.45, 7) is 4.91. The number of primary sulfonamides is 1. The van der Waals surface area contributed by atoms with E-state index in [2.05, 4.69) is 23.8 Å². The predicted octanol–water partition coefficient (Wildman–Crippen LogP) is 0.447. The molecule has 1 aliphatic heterocycles. The standard InChI is InChI=1S/C13H22N4O2S/c1-10-9-16(2)7-4-8-17(10)11-5-3-6-12(13(11)14)20(15,18)19/h3,5-6,10H,4,7-9,14H2,1-2H3,(H2,15,18,19). The monoisotopic (exact) mass is 298 g/mol. The van der Waals surface area contributed by atoms with Crippen LogP contribution in [0.1, 0.15) is 13.3 Å². The van der Waals surface area contributed by atoms with Gasteiger partial charge in [0.25, 0.3) is 0 Å². The summed E-state index contributed by atoms with van der Waals surface area (Å²) in [6, 6.07) is 5.25. The van der Waals surface area contributed by atoms with Crippen molar-refractivity contribution in [3.8, 4) is 0 Å². The molecule has 1 heterocycles. The normalized spacial score (nSPS) is 21.8. The minimum absolute atomic E-state index is 0.000184. The molecule has 0 aromatic heterocycles. The molecule has 7 heteroatoms. The second kappa shape index (κ2) is 5.59. The first-order chi connectivity index (χ1) is 9.30. The van der Waals surface area contributed by atoms with Crippen molar-refractivity contribution in [3.63, 3.8) is 0 Å². The molecule has 6 nitrogen and oxygen atoms in total. The summed E-state index contributed by atoms with van der Waals surface area (Å²) in [6.07, 6.45) is 1.01. The van der Waals surface area contributed by atoms with Gasteiger partial charge in [-0.2, -0.15) is 0 Å². The molecule has 4 N–H and O–H groups in total. The maximum atomic E-state index is 11.6. The van der Waals surface area contributed by atoms with Gasteiger partial charge in [0.1, 0.15) is 4.90 Å². The topological polar surface area (TPSA) is 92.7 Å². The van der Waals surface area contributed by atoms with Gasteiger partial charge in [-0.1, -0.05) is 6.07 Å². The quantitative estimate of drug-likeness (QED) is 0.773. The molecular formula is C13H22N4O2S. The number of nitrogens with two attached hydrogens (primary N) is 2. The van der Waals surface area contributed by atoms with Crippen LogP contribution in [-0.4, -0.2) is 46.0 Å². The Hall–Kier alpha value is -1.31. The molecule has 1 aliphatic rings. The van der Waals surface area contributed by atoms with Crippen LogP contribution in [0.2, 0.25) is 0 Å². The number of nitrogen functional groups attached to an aromatic ring is 1. The van der Waals surface area contributed by atoms with Crippen molar-refractivity contribution in [2.24, 2.45) is 5.14 Å². The fourth-order valence-corrected chi connectivity index (χ4v) is 3.44. The van der Waals surface area contributed by atoms with E-state index in [1.165, 1.54) is 6.07 Å². The zero-order valence-electron chi connectivity index (χ0n) is 11.9. The van der Waals surface area contributed by atoms with Crippen LogP contribution in [0, 0.1) is 0 Å². The average Bonchev–Trinajstić information content (AvgIpc) is 2.49. The number of hydrogen-bond acceptors (Lipinski definition) is 5. The molecule has 112 valence electrons. The molecule has 0 spiro atoms. The summed E-state index contributed by atoms with van der Waals surface area (Å²) in [4.78, 5) is 4.43. The van der Waals surface area contributed by atoms with Gasteiger partial charge in [0, 0.05) is 19.1 Å². The van der Waals surface area contributed by atoms with Crippen molar-refractivity contribution < 1.29 is 8.42 Å². The van der Waals surface area contributed by atoms with Crippen molar-refractivity contribution in [2.75, 3.05) is 37.3 Å². The lowest BCUT2D eigenvalue weighted by Crippen LogP contribution is -2.38. The van der Waals surface area contributed by atoms with Gasteiger partial charge in [-0.3, -0.25) is 0 Å². The first-order valence-corrected chi connectivity index (χ1v) is 8.22. The SMILES string of the molecule is CC1CN(C)CCCN1c1cccc(S(N)(=O)=O)c1N. The molecule has 0 aliphatic carbocycles.